The molecule has 0 aliphatic rings. The number of H-pyrrole nitrogens is 2. The Morgan fingerprint density at radius 3 is 2.67 bits per heavy atom. The van der Waals surface area contributed by atoms with E-state index in [1.165, 1.54) is 12.1 Å². The van der Waals surface area contributed by atoms with Crippen molar-refractivity contribution >= 4 is 33.4 Å². The van der Waals surface area contributed by atoms with E-state index in [9.17, 15) is 9.18 Å². The summed E-state index contributed by atoms with van der Waals surface area (Å²) >= 11 is 0. The molecule has 5 heterocycles. The van der Waals surface area contributed by atoms with Crippen molar-refractivity contribution in [2.24, 2.45) is 0 Å². The normalized spacial score (nSPS) is 11.5. The van der Waals surface area contributed by atoms with E-state index in [0.717, 1.165) is 33.1 Å². The van der Waals surface area contributed by atoms with E-state index in [0.29, 0.717) is 53.7 Å². The van der Waals surface area contributed by atoms with Gasteiger partial charge in [0, 0.05) is 58.8 Å². The lowest BCUT2D eigenvalue weighted by Crippen LogP contribution is -2.19. The first-order valence-corrected chi connectivity index (χ1v) is 13.5. The molecule has 0 atom stereocenters. The van der Waals surface area contributed by atoms with Gasteiger partial charge in [-0.25, -0.2) is 4.39 Å². The Morgan fingerprint density at radius 2 is 1.83 bits per heavy atom. The highest BCUT2D eigenvalue weighted by atomic mass is 19.1. The van der Waals surface area contributed by atoms with Crippen molar-refractivity contribution in [3.8, 4) is 39.7 Å². The number of carbonyl (C=O) groups is 1. The number of aromatic amines is 2. The van der Waals surface area contributed by atoms with Crippen LogP contribution < -0.4 is 10.1 Å². The number of rotatable bonds is 9. The van der Waals surface area contributed by atoms with Gasteiger partial charge in [0.05, 0.1) is 40.7 Å². The van der Waals surface area contributed by atoms with E-state index >= 15 is 0 Å². The minimum absolute atomic E-state index is 0.0894. The van der Waals surface area contributed by atoms with Gasteiger partial charge in [-0.1, -0.05) is 6.92 Å². The third-order valence-electron chi connectivity index (χ3n) is 6.84. The van der Waals surface area contributed by atoms with Crippen molar-refractivity contribution in [3.05, 3.63) is 73.1 Å². The minimum atomic E-state index is -0.395. The molecule has 5 aromatic heterocycles. The molecular formula is C31H29FN8O2. The zero-order valence-corrected chi connectivity index (χ0v) is 23.4. The van der Waals surface area contributed by atoms with Gasteiger partial charge in [0.25, 0.3) is 0 Å². The third kappa shape index (κ3) is 5.54. The maximum absolute atomic E-state index is 14.6. The topological polar surface area (TPSA) is 125 Å². The van der Waals surface area contributed by atoms with Crippen molar-refractivity contribution < 1.29 is 13.9 Å². The number of aromatic nitrogens is 6. The van der Waals surface area contributed by atoms with Crippen LogP contribution in [0.3, 0.4) is 0 Å². The maximum atomic E-state index is 14.6. The van der Waals surface area contributed by atoms with E-state index in [2.05, 4.69) is 35.5 Å². The number of carbonyl (C=O) groups excluding carboxylic acids is 1. The fourth-order valence-corrected chi connectivity index (χ4v) is 4.72. The molecule has 0 unspecified atom stereocenters. The summed E-state index contributed by atoms with van der Waals surface area (Å²) in [6.45, 7) is 2.95. The van der Waals surface area contributed by atoms with Crippen LogP contribution in [-0.4, -0.2) is 68.2 Å². The number of halogens is 1. The lowest BCUT2D eigenvalue weighted by molar-refractivity contribution is -0.115. The number of likely N-dealkylation sites (N-methyl/N-ethyl adjacent to an activating group) is 1. The molecule has 0 bridgehead atoms. The zero-order chi connectivity index (χ0) is 29.2. The highest BCUT2D eigenvalue weighted by Gasteiger charge is 2.17. The molecule has 0 radical (unpaired) electrons. The van der Waals surface area contributed by atoms with Crippen molar-refractivity contribution in [1.82, 2.24) is 35.0 Å². The second-order valence-electron chi connectivity index (χ2n) is 10.2. The highest BCUT2D eigenvalue weighted by Crippen LogP contribution is 2.35. The number of nitrogens with zero attached hydrogens (tertiary/aromatic N) is 5. The first kappa shape index (κ1) is 27.0. The zero-order valence-electron chi connectivity index (χ0n) is 23.4. The van der Waals surface area contributed by atoms with Gasteiger partial charge in [0.2, 0.25) is 5.91 Å². The molecule has 0 saturated carbocycles. The van der Waals surface area contributed by atoms with E-state index in [4.69, 9.17) is 4.74 Å². The Morgan fingerprint density at radius 1 is 0.976 bits per heavy atom. The van der Waals surface area contributed by atoms with Crippen molar-refractivity contribution in [3.63, 3.8) is 0 Å². The first-order valence-electron chi connectivity index (χ1n) is 13.5. The summed E-state index contributed by atoms with van der Waals surface area (Å²) in [6, 6.07) is 12.3. The molecule has 3 N–H and O–H groups in total. The molecule has 0 spiro atoms. The van der Waals surface area contributed by atoms with Gasteiger partial charge in [-0.3, -0.25) is 24.8 Å². The highest BCUT2D eigenvalue weighted by molar-refractivity contribution is 6.00. The van der Waals surface area contributed by atoms with Crippen LogP contribution >= 0.6 is 0 Å². The molecule has 10 nitrogen and oxygen atoms in total. The summed E-state index contributed by atoms with van der Waals surface area (Å²) in [5.74, 6) is -0.0333. The third-order valence-corrected chi connectivity index (χ3v) is 6.84. The van der Waals surface area contributed by atoms with Gasteiger partial charge in [-0.15, -0.1) is 0 Å². The Bertz CT molecular complexity index is 1910. The molecule has 1 aromatic carbocycles. The largest absolute Gasteiger partial charge is 0.492 e. The maximum Gasteiger partial charge on any atom is 0.224 e. The second kappa shape index (κ2) is 11.4. The fraction of sp³-hybridized carbons (Fsp3) is 0.194. The smallest absolute Gasteiger partial charge is 0.224 e. The minimum Gasteiger partial charge on any atom is -0.492 e. The fourth-order valence-electron chi connectivity index (χ4n) is 4.72. The molecule has 212 valence electrons. The average Bonchev–Trinajstić information content (AvgIpc) is 3.60. The molecule has 0 fully saturated rings. The quantitative estimate of drug-likeness (QED) is 0.207. The number of hydrogen-bond acceptors (Lipinski definition) is 7. The van der Waals surface area contributed by atoms with Crippen LogP contribution in [-0.2, 0) is 4.79 Å². The van der Waals surface area contributed by atoms with Crippen molar-refractivity contribution in [1.29, 1.82) is 0 Å². The second-order valence-corrected chi connectivity index (χ2v) is 10.2. The molecule has 6 aromatic rings. The molecule has 0 aliphatic heterocycles. The predicted molar refractivity (Wildman–Crippen MR) is 161 cm³/mol. The summed E-state index contributed by atoms with van der Waals surface area (Å²) in [7, 11) is 3.91. The van der Waals surface area contributed by atoms with Gasteiger partial charge < -0.3 is 19.9 Å². The molecule has 0 saturated heterocycles. The molecule has 11 heteroatoms. The van der Waals surface area contributed by atoms with E-state index in [1.54, 1.807) is 37.8 Å². The summed E-state index contributed by atoms with van der Waals surface area (Å²) < 4.78 is 20.4. The standard InChI is InChI=1S/C31H29FN8O2/c1-4-29(41)36-21-10-19(15-33-16-21)26-13-24-28(17-35-26)38-39-31(24)27-14-23-25(37-27)5-6-34-30(23)18-9-20(32)12-22(11-18)42-8-7-40(2)3/h5-6,9-17,37H,4,7-8H2,1-3H3,(H,36,41)(H,38,39). The Balaban J connectivity index is 1.36. The van der Waals surface area contributed by atoms with E-state index in [1.807, 2.05) is 43.3 Å². The summed E-state index contributed by atoms with van der Waals surface area (Å²) in [5, 5.41) is 12.1. The van der Waals surface area contributed by atoms with Crippen LogP contribution in [0.2, 0.25) is 0 Å². The number of pyridine rings is 3. The predicted octanol–water partition coefficient (Wildman–Crippen LogP) is 5.66. The number of benzene rings is 1. The van der Waals surface area contributed by atoms with Crippen molar-refractivity contribution in [2.75, 3.05) is 32.6 Å². The van der Waals surface area contributed by atoms with Crippen LogP contribution in [0.25, 0.3) is 55.7 Å². The van der Waals surface area contributed by atoms with Crippen LogP contribution in [0, 0.1) is 5.82 Å². The molecule has 0 aliphatic carbocycles. The SMILES string of the molecule is CCC(=O)Nc1cncc(-c2cc3c(-c4cc5c(-c6cc(F)cc(OCCN(C)C)c6)nccc5[nH]4)n[nH]c3cn2)c1. The number of amides is 1. The van der Waals surface area contributed by atoms with Gasteiger partial charge in [0.15, 0.2) is 0 Å². The molecule has 6 rings (SSSR count). The van der Waals surface area contributed by atoms with Crippen LogP contribution in [0.4, 0.5) is 10.1 Å². The van der Waals surface area contributed by atoms with Crippen molar-refractivity contribution in [2.45, 2.75) is 13.3 Å². The van der Waals surface area contributed by atoms with Crippen LogP contribution in [0.15, 0.2) is 67.3 Å². The van der Waals surface area contributed by atoms with Crippen LogP contribution in [0.5, 0.6) is 5.75 Å². The van der Waals surface area contributed by atoms with Gasteiger partial charge in [-0.05, 0) is 50.5 Å². The number of ether oxygens (including phenoxy) is 1. The Hall–Kier alpha value is -5.16. The Labute approximate surface area is 241 Å². The summed E-state index contributed by atoms with van der Waals surface area (Å²) in [5.41, 5.74) is 6.36. The molecule has 1 amide bonds. The van der Waals surface area contributed by atoms with Crippen LogP contribution in [0.1, 0.15) is 13.3 Å². The lowest BCUT2D eigenvalue weighted by Gasteiger charge is -2.12. The molecule has 42 heavy (non-hydrogen) atoms. The number of nitrogens with one attached hydrogen (secondary N) is 3. The summed E-state index contributed by atoms with van der Waals surface area (Å²) in [6.07, 6.45) is 7.09. The first-order chi connectivity index (χ1) is 20.4. The summed E-state index contributed by atoms with van der Waals surface area (Å²) in [4.78, 5) is 30.7. The molecular weight excluding hydrogens is 535 g/mol. The number of hydrogen-bond donors (Lipinski definition) is 3. The lowest BCUT2D eigenvalue weighted by atomic mass is 10.1. The van der Waals surface area contributed by atoms with E-state index in [-0.39, 0.29) is 5.91 Å². The Kier molecular flexibility index (Phi) is 7.32. The van der Waals surface area contributed by atoms with Gasteiger partial charge in [-0.2, -0.15) is 5.10 Å². The number of fused-ring (bicyclic) bond motifs is 2. The van der Waals surface area contributed by atoms with Gasteiger partial charge >= 0.3 is 0 Å². The average molecular weight is 565 g/mol. The monoisotopic (exact) mass is 564 g/mol. The number of anilines is 1. The van der Waals surface area contributed by atoms with E-state index < -0.39 is 5.82 Å². The van der Waals surface area contributed by atoms with Gasteiger partial charge in [0.1, 0.15) is 23.9 Å².